The Morgan fingerprint density at radius 1 is 1.50 bits per heavy atom. The first kappa shape index (κ1) is 11.0. The molecule has 0 bridgehead atoms. The fraction of sp³-hybridized carbons (Fsp3) is 0.778. The third-order valence-corrected chi connectivity index (χ3v) is 2.43. The molecule has 14 heavy (non-hydrogen) atoms. The van der Waals surface area contributed by atoms with Crippen molar-refractivity contribution in [3.05, 3.63) is 0 Å². The van der Waals surface area contributed by atoms with Gasteiger partial charge in [0.1, 0.15) is 0 Å². The van der Waals surface area contributed by atoms with Gasteiger partial charge in [0.05, 0.1) is 6.54 Å². The van der Waals surface area contributed by atoms with Crippen LogP contribution in [0.4, 0.5) is 4.79 Å². The van der Waals surface area contributed by atoms with Crippen molar-refractivity contribution in [3.63, 3.8) is 0 Å². The quantitative estimate of drug-likeness (QED) is 0.610. The molecule has 0 aromatic heterocycles. The highest BCUT2D eigenvalue weighted by atomic mass is 16.2. The Hall–Kier alpha value is -1.10. The van der Waals surface area contributed by atoms with Crippen molar-refractivity contribution in [1.82, 2.24) is 10.2 Å². The molecule has 0 saturated carbocycles. The summed E-state index contributed by atoms with van der Waals surface area (Å²) in [5.41, 5.74) is 5.77. The van der Waals surface area contributed by atoms with Gasteiger partial charge in [-0.2, -0.15) is 0 Å². The summed E-state index contributed by atoms with van der Waals surface area (Å²) in [5.74, 6) is -0.199. The van der Waals surface area contributed by atoms with E-state index in [1.54, 1.807) is 0 Å². The number of hydrogen-bond acceptors (Lipinski definition) is 3. The summed E-state index contributed by atoms with van der Waals surface area (Å²) in [6, 6.07) is -0.537. The molecule has 5 nitrogen and oxygen atoms in total. The predicted octanol–water partition coefficient (Wildman–Crippen LogP) is -0.0884. The number of rotatable bonds is 2. The minimum absolute atomic E-state index is 0.0930. The van der Waals surface area contributed by atoms with Gasteiger partial charge in [0.25, 0.3) is 0 Å². The number of carbonyl (C=O) groups excluding carboxylic acids is 2. The maximum absolute atomic E-state index is 11.2. The Labute approximate surface area is 83.6 Å². The van der Waals surface area contributed by atoms with E-state index in [9.17, 15) is 9.59 Å². The number of imide groups is 1. The minimum atomic E-state index is -0.338. The summed E-state index contributed by atoms with van der Waals surface area (Å²) >= 11 is 0. The number of carbonyl (C=O) groups is 2. The number of hydrogen-bond donors (Lipinski definition) is 2. The fourth-order valence-electron chi connectivity index (χ4n) is 1.11. The molecule has 0 aliphatic carbocycles. The first-order valence-electron chi connectivity index (χ1n) is 4.66. The van der Waals surface area contributed by atoms with E-state index in [4.69, 9.17) is 5.73 Å². The summed E-state index contributed by atoms with van der Waals surface area (Å²) < 4.78 is 0. The zero-order valence-corrected chi connectivity index (χ0v) is 8.83. The highest BCUT2D eigenvalue weighted by molar-refractivity contribution is 6.01. The van der Waals surface area contributed by atoms with Crippen LogP contribution in [0.5, 0.6) is 0 Å². The van der Waals surface area contributed by atoms with Crippen LogP contribution in [0.25, 0.3) is 0 Å². The molecule has 0 aromatic carbocycles. The van der Waals surface area contributed by atoms with E-state index in [1.165, 1.54) is 4.90 Å². The predicted molar refractivity (Wildman–Crippen MR) is 52.5 cm³/mol. The van der Waals surface area contributed by atoms with Crippen LogP contribution in [0.15, 0.2) is 0 Å². The lowest BCUT2D eigenvalue weighted by Gasteiger charge is -2.29. The molecule has 1 aliphatic rings. The first-order valence-corrected chi connectivity index (χ1v) is 4.66. The molecular formula is C9H17N3O2. The van der Waals surface area contributed by atoms with Crippen molar-refractivity contribution in [2.45, 2.75) is 26.8 Å². The molecule has 1 atom stereocenters. The number of nitrogens with one attached hydrogen (secondary N) is 1. The third kappa shape index (κ3) is 2.23. The SMILES string of the molecule is CC(C)(C)[C@H](N)CN1C(=O)CNC1=O. The van der Waals surface area contributed by atoms with Crippen LogP contribution in [0.2, 0.25) is 0 Å². The van der Waals surface area contributed by atoms with Gasteiger partial charge in [-0.15, -0.1) is 0 Å². The lowest BCUT2D eigenvalue weighted by atomic mass is 9.87. The van der Waals surface area contributed by atoms with Crippen molar-refractivity contribution in [3.8, 4) is 0 Å². The first-order chi connectivity index (χ1) is 6.32. The van der Waals surface area contributed by atoms with Crippen LogP contribution >= 0.6 is 0 Å². The van der Waals surface area contributed by atoms with Gasteiger partial charge in [-0.25, -0.2) is 4.79 Å². The highest BCUT2D eigenvalue weighted by Crippen LogP contribution is 2.18. The average molecular weight is 199 g/mol. The highest BCUT2D eigenvalue weighted by Gasteiger charge is 2.32. The number of nitrogens with two attached hydrogens (primary N) is 1. The maximum Gasteiger partial charge on any atom is 0.324 e. The van der Waals surface area contributed by atoms with E-state index in [0.29, 0.717) is 0 Å². The monoisotopic (exact) mass is 199 g/mol. The van der Waals surface area contributed by atoms with Gasteiger partial charge < -0.3 is 11.1 Å². The second kappa shape index (κ2) is 3.57. The zero-order chi connectivity index (χ0) is 10.9. The molecular weight excluding hydrogens is 182 g/mol. The van der Waals surface area contributed by atoms with Gasteiger partial charge in [-0.05, 0) is 5.41 Å². The summed E-state index contributed by atoms with van der Waals surface area (Å²) in [4.78, 5) is 23.6. The van der Waals surface area contributed by atoms with Crippen LogP contribution in [0.1, 0.15) is 20.8 Å². The van der Waals surface area contributed by atoms with Gasteiger partial charge in [0.2, 0.25) is 5.91 Å². The van der Waals surface area contributed by atoms with Crippen molar-refractivity contribution >= 4 is 11.9 Å². The Morgan fingerprint density at radius 2 is 2.07 bits per heavy atom. The molecule has 5 heteroatoms. The van der Waals surface area contributed by atoms with Crippen LogP contribution < -0.4 is 11.1 Å². The van der Waals surface area contributed by atoms with E-state index in [1.807, 2.05) is 20.8 Å². The Morgan fingerprint density at radius 3 is 2.43 bits per heavy atom. The molecule has 0 aromatic rings. The maximum atomic E-state index is 11.2. The molecule has 0 radical (unpaired) electrons. The van der Waals surface area contributed by atoms with Gasteiger partial charge in [0.15, 0.2) is 0 Å². The molecule has 1 saturated heterocycles. The van der Waals surface area contributed by atoms with Gasteiger partial charge in [-0.3, -0.25) is 9.69 Å². The van der Waals surface area contributed by atoms with E-state index in [0.717, 1.165) is 0 Å². The second-order valence-electron chi connectivity index (χ2n) is 4.64. The van der Waals surface area contributed by atoms with Crippen molar-refractivity contribution < 1.29 is 9.59 Å². The standard InChI is InChI=1S/C9H17N3O2/c1-9(2,3)6(10)5-12-7(13)4-11-8(12)14/h6H,4-5,10H2,1-3H3,(H,11,14)/t6-/m1/s1. The molecule has 1 rings (SSSR count). The largest absolute Gasteiger partial charge is 0.329 e. The van der Waals surface area contributed by atoms with Crippen molar-refractivity contribution in [2.24, 2.45) is 11.1 Å². The fourth-order valence-corrected chi connectivity index (χ4v) is 1.11. The lowest BCUT2D eigenvalue weighted by Crippen LogP contribution is -2.47. The van der Waals surface area contributed by atoms with Crippen LogP contribution in [0.3, 0.4) is 0 Å². The molecule has 3 amide bonds. The van der Waals surface area contributed by atoms with Crippen LogP contribution in [-0.2, 0) is 4.79 Å². The van der Waals surface area contributed by atoms with Gasteiger partial charge >= 0.3 is 6.03 Å². The Balaban J connectivity index is 2.60. The zero-order valence-electron chi connectivity index (χ0n) is 8.83. The Kier molecular flexibility index (Phi) is 2.80. The summed E-state index contributed by atoms with van der Waals surface area (Å²) in [7, 11) is 0. The summed E-state index contributed by atoms with van der Waals surface area (Å²) in [6.45, 7) is 6.33. The molecule has 80 valence electrons. The second-order valence-corrected chi connectivity index (χ2v) is 4.64. The summed E-state index contributed by atoms with van der Waals surface area (Å²) in [5, 5.41) is 2.46. The van der Waals surface area contributed by atoms with Crippen molar-refractivity contribution in [2.75, 3.05) is 13.1 Å². The van der Waals surface area contributed by atoms with Gasteiger partial charge in [0, 0.05) is 12.6 Å². The number of amides is 3. The van der Waals surface area contributed by atoms with Gasteiger partial charge in [-0.1, -0.05) is 20.8 Å². The molecule has 3 N–H and O–H groups in total. The molecule has 1 aliphatic heterocycles. The molecule has 0 unspecified atom stereocenters. The molecule has 0 spiro atoms. The summed E-state index contributed by atoms with van der Waals surface area (Å²) in [6.07, 6.45) is 0. The van der Waals surface area contributed by atoms with Crippen LogP contribution in [-0.4, -0.2) is 36.0 Å². The molecule has 1 heterocycles. The average Bonchev–Trinajstić information content (AvgIpc) is 2.34. The molecule has 1 fully saturated rings. The number of nitrogens with zero attached hydrogens (tertiary/aromatic N) is 1. The van der Waals surface area contributed by atoms with Crippen LogP contribution in [0, 0.1) is 5.41 Å². The minimum Gasteiger partial charge on any atom is -0.329 e. The topological polar surface area (TPSA) is 75.4 Å². The van der Waals surface area contributed by atoms with Crippen molar-refractivity contribution in [1.29, 1.82) is 0 Å². The van der Waals surface area contributed by atoms with E-state index >= 15 is 0 Å². The van der Waals surface area contributed by atoms with E-state index in [2.05, 4.69) is 5.32 Å². The van der Waals surface area contributed by atoms with E-state index in [-0.39, 0.29) is 36.5 Å². The number of urea groups is 1. The normalized spacial score (nSPS) is 19.9. The van der Waals surface area contributed by atoms with E-state index < -0.39 is 0 Å². The lowest BCUT2D eigenvalue weighted by molar-refractivity contribution is -0.125. The Bertz CT molecular complexity index is 241. The third-order valence-electron chi connectivity index (χ3n) is 2.43. The smallest absolute Gasteiger partial charge is 0.324 e.